The summed E-state index contributed by atoms with van der Waals surface area (Å²) in [5, 5.41) is 5.99. The maximum absolute atomic E-state index is 15.4. The van der Waals surface area contributed by atoms with Crippen LogP contribution < -0.4 is 21.1 Å². The molecule has 1 saturated heterocycles. The molecule has 12 heteroatoms. The summed E-state index contributed by atoms with van der Waals surface area (Å²) < 4.78 is 78.0. The predicted molar refractivity (Wildman–Crippen MR) is 174 cm³/mol. The lowest BCUT2D eigenvalue weighted by atomic mass is 9.84. The van der Waals surface area contributed by atoms with Crippen molar-refractivity contribution in [3.63, 3.8) is 0 Å². The van der Waals surface area contributed by atoms with E-state index in [2.05, 4.69) is 10.6 Å². The Morgan fingerprint density at radius 2 is 1.57 bits per heavy atom. The fraction of sp³-hybridized carbons (Fsp3) is 0.286. The van der Waals surface area contributed by atoms with Crippen molar-refractivity contribution in [2.24, 2.45) is 5.73 Å². The predicted octanol–water partition coefficient (Wildman–Crippen LogP) is 5.19. The van der Waals surface area contributed by atoms with Crippen LogP contribution in [0, 0.1) is 17.5 Å². The van der Waals surface area contributed by atoms with Crippen LogP contribution in [-0.2, 0) is 21.2 Å². The second-order valence-corrected chi connectivity index (χ2v) is 13.4. The van der Waals surface area contributed by atoms with Gasteiger partial charge in [0.15, 0.2) is 0 Å². The number of carbonyl (C=O) groups excluding carboxylic acids is 1. The molecule has 4 aromatic rings. The number of rotatable bonds is 11. The van der Waals surface area contributed by atoms with Crippen LogP contribution in [0.5, 0.6) is 5.75 Å². The number of benzene rings is 4. The molecule has 1 aliphatic rings. The second-order valence-electron chi connectivity index (χ2n) is 11.6. The third-order valence-electron chi connectivity index (χ3n) is 8.43. The first kappa shape index (κ1) is 34.1. The van der Waals surface area contributed by atoms with E-state index in [1.807, 2.05) is 6.92 Å². The Bertz CT molecular complexity index is 1780. The highest BCUT2D eigenvalue weighted by Crippen LogP contribution is 2.31. The van der Waals surface area contributed by atoms with Crippen molar-refractivity contribution in [3.8, 4) is 5.75 Å². The van der Waals surface area contributed by atoms with Gasteiger partial charge in [0.2, 0.25) is 15.9 Å². The van der Waals surface area contributed by atoms with Gasteiger partial charge in [-0.25, -0.2) is 21.6 Å². The van der Waals surface area contributed by atoms with Crippen molar-refractivity contribution < 1.29 is 31.1 Å². The molecule has 1 heterocycles. The number of nitrogens with two attached hydrogens (primary N) is 1. The normalized spacial score (nSPS) is 17.8. The minimum atomic E-state index is -3.90. The molecule has 0 aromatic heterocycles. The highest BCUT2D eigenvalue weighted by atomic mass is 32.2. The van der Waals surface area contributed by atoms with E-state index in [1.165, 1.54) is 78.1 Å². The monoisotopic (exact) mass is 666 g/mol. The van der Waals surface area contributed by atoms with E-state index in [-0.39, 0.29) is 35.0 Å². The number of piperazine rings is 1. The van der Waals surface area contributed by atoms with Crippen LogP contribution in [0.25, 0.3) is 0 Å². The van der Waals surface area contributed by atoms with Crippen LogP contribution in [0.3, 0.4) is 0 Å². The van der Waals surface area contributed by atoms with Gasteiger partial charge in [0.05, 0.1) is 18.0 Å². The zero-order valence-corrected chi connectivity index (χ0v) is 26.8. The lowest BCUT2D eigenvalue weighted by Crippen LogP contribution is -2.58. The fourth-order valence-corrected chi connectivity index (χ4v) is 7.99. The van der Waals surface area contributed by atoms with E-state index in [0.29, 0.717) is 30.0 Å². The second kappa shape index (κ2) is 14.7. The highest BCUT2D eigenvalue weighted by molar-refractivity contribution is 7.89. The van der Waals surface area contributed by atoms with Crippen LogP contribution in [-0.4, -0.2) is 57.0 Å². The Morgan fingerprint density at radius 1 is 0.957 bits per heavy atom. The number of halogens is 3. The largest absolute Gasteiger partial charge is 0.497 e. The summed E-state index contributed by atoms with van der Waals surface area (Å²) in [7, 11) is -2.41. The molecule has 1 fully saturated rings. The van der Waals surface area contributed by atoms with E-state index in [1.54, 1.807) is 24.3 Å². The quantitative estimate of drug-likeness (QED) is 0.203. The molecular weight excluding hydrogens is 629 g/mol. The summed E-state index contributed by atoms with van der Waals surface area (Å²) in [6.07, 6.45) is 0.347. The van der Waals surface area contributed by atoms with Gasteiger partial charge in [-0.15, -0.1) is 0 Å². The van der Waals surface area contributed by atoms with Crippen LogP contribution in [0.15, 0.2) is 95.9 Å². The summed E-state index contributed by atoms with van der Waals surface area (Å²) >= 11 is 0. The molecule has 47 heavy (non-hydrogen) atoms. The minimum absolute atomic E-state index is 0.0996. The van der Waals surface area contributed by atoms with Gasteiger partial charge in [-0.05, 0) is 91.6 Å². The summed E-state index contributed by atoms with van der Waals surface area (Å²) in [5.74, 6) is -2.74. The molecule has 0 aliphatic carbocycles. The third kappa shape index (κ3) is 7.68. The van der Waals surface area contributed by atoms with Gasteiger partial charge < -0.3 is 21.1 Å². The molecule has 3 atom stereocenters. The van der Waals surface area contributed by atoms with Gasteiger partial charge in [-0.3, -0.25) is 4.79 Å². The van der Waals surface area contributed by atoms with Gasteiger partial charge in [0.1, 0.15) is 23.2 Å². The number of anilines is 1. The smallest absolute Gasteiger partial charge is 0.243 e. The Morgan fingerprint density at radius 3 is 2.17 bits per heavy atom. The summed E-state index contributed by atoms with van der Waals surface area (Å²) in [5.41, 5.74) is 7.56. The molecule has 0 radical (unpaired) electrons. The highest BCUT2D eigenvalue weighted by Gasteiger charge is 2.38. The lowest BCUT2D eigenvalue weighted by Gasteiger charge is -2.40. The van der Waals surface area contributed by atoms with E-state index in [0.717, 1.165) is 0 Å². The Hall–Kier alpha value is -4.23. The molecule has 0 saturated carbocycles. The molecule has 1 aliphatic heterocycles. The molecule has 1 amide bonds. The number of ether oxygens (including phenoxy) is 1. The van der Waals surface area contributed by atoms with Crippen molar-refractivity contribution in [2.45, 2.75) is 48.7 Å². The fourth-order valence-electron chi connectivity index (χ4n) is 6.15. The molecule has 4 N–H and O–H groups in total. The molecule has 0 spiro atoms. The van der Waals surface area contributed by atoms with Crippen molar-refractivity contribution in [1.82, 2.24) is 9.62 Å². The number of hydrogen-bond acceptors (Lipinski definition) is 6. The van der Waals surface area contributed by atoms with Crippen molar-refractivity contribution in [1.29, 1.82) is 0 Å². The zero-order chi connectivity index (χ0) is 33.7. The standard InChI is InChI=1S/C35H37F3N4O4S/c1-22-20-40-21-27(42(22)47(44,45)29-15-13-28(46-2)14-16-29)12-17-30-31(38)10-5-11-32(30)41-35(43)34(39)33(23-6-3-8-25(36)18-23)24-7-4-9-26(37)19-24/h3-11,13-16,18-19,22,27,33-34,40H,12,17,20-21,39H2,1-2H3,(H,41,43). The first-order valence-electron chi connectivity index (χ1n) is 15.2. The maximum atomic E-state index is 15.4. The summed E-state index contributed by atoms with van der Waals surface area (Å²) in [4.78, 5) is 13.7. The third-order valence-corrected chi connectivity index (χ3v) is 10.5. The van der Waals surface area contributed by atoms with Crippen molar-refractivity contribution in [2.75, 3.05) is 25.5 Å². The Balaban J connectivity index is 1.38. The molecule has 3 unspecified atom stereocenters. The first-order chi connectivity index (χ1) is 22.5. The average molecular weight is 667 g/mol. The topological polar surface area (TPSA) is 114 Å². The van der Waals surface area contributed by atoms with E-state index < -0.39 is 51.4 Å². The van der Waals surface area contributed by atoms with Gasteiger partial charge in [0, 0.05) is 42.3 Å². The number of sulfonamides is 1. The van der Waals surface area contributed by atoms with E-state index >= 15 is 4.39 Å². The van der Waals surface area contributed by atoms with E-state index in [4.69, 9.17) is 10.5 Å². The van der Waals surface area contributed by atoms with Crippen LogP contribution >= 0.6 is 0 Å². The van der Waals surface area contributed by atoms with Crippen molar-refractivity contribution >= 4 is 21.6 Å². The number of nitrogens with one attached hydrogen (secondary N) is 2. The maximum Gasteiger partial charge on any atom is 0.243 e. The lowest BCUT2D eigenvalue weighted by molar-refractivity contribution is -0.117. The zero-order valence-electron chi connectivity index (χ0n) is 26.0. The molecule has 5 rings (SSSR count). The SMILES string of the molecule is COc1ccc(S(=O)(=O)N2C(C)CNCC2CCc2c(F)cccc2NC(=O)C(N)C(c2cccc(F)c2)c2cccc(F)c2)cc1. The molecule has 4 aromatic carbocycles. The molecule has 8 nitrogen and oxygen atoms in total. The van der Waals surface area contributed by atoms with Gasteiger partial charge in [-0.2, -0.15) is 4.31 Å². The van der Waals surface area contributed by atoms with Gasteiger partial charge >= 0.3 is 0 Å². The molecular formula is C35H37F3N4O4S. The number of carbonyl (C=O) groups is 1. The first-order valence-corrected chi connectivity index (χ1v) is 16.7. The van der Waals surface area contributed by atoms with Crippen molar-refractivity contribution in [3.05, 3.63) is 125 Å². The number of amides is 1. The Kier molecular flexibility index (Phi) is 10.7. The Labute approximate surface area is 272 Å². The number of nitrogens with zero attached hydrogens (tertiary/aromatic N) is 1. The molecule has 0 bridgehead atoms. The van der Waals surface area contributed by atoms with Crippen LogP contribution in [0.2, 0.25) is 0 Å². The average Bonchev–Trinajstić information content (AvgIpc) is 3.04. The molecule has 248 valence electrons. The summed E-state index contributed by atoms with van der Waals surface area (Å²) in [6.45, 7) is 2.61. The number of methoxy groups -OCH3 is 1. The van der Waals surface area contributed by atoms with Crippen LogP contribution in [0.4, 0.5) is 18.9 Å². The van der Waals surface area contributed by atoms with Crippen LogP contribution in [0.1, 0.15) is 36.0 Å². The summed E-state index contributed by atoms with van der Waals surface area (Å²) in [6, 6.07) is 19.4. The number of hydrogen-bond donors (Lipinski definition) is 3. The minimum Gasteiger partial charge on any atom is -0.497 e. The van der Waals surface area contributed by atoms with E-state index in [9.17, 15) is 22.0 Å². The van der Waals surface area contributed by atoms with Gasteiger partial charge in [-0.1, -0.05) is 30.3 Å². The van der Waals surface area contributed by atoms with Gasteiger partial charge in [0.25, 0.3) is 0 Å².